The minimum Gasteiger partial charge on any atom is -0.366 e. The standard InChI is InChI=1S/C23H20Cl3FN4O5S/c24-15-3-1-14(2-4-15)11-18-21(33)29(10-8-27)13-23(22(28)34)30(9-7-20(32)31(18)23)37(35,36)19-6-5-16(25)12-17(19)26/h1-6,12,18H,8-11,13H2,(H2,28,34). The predicted octanol–water partition coefficient (Wildman–Crippen LogP) is 2.17. The van der Waals surface area contributed by atoms with Crippen molar-refractivity contribution < 1.29 is 27.2 Å². The van der Waals surface area contributed by atoms with Crippen molar-refractivity contribution in [2.24, 2.45) is 5.73 Å². The van der Waals surface area contributed by atoms with Gasteiger partial charge < -0.3 is 15.5 Å². The van der Waals surface area contributed by atoms with E-state index in [2.05, 4.69) is 6.42 Å². The summed E-state index contributed by atoms with van der Waals surface area (Å²) < 4.78 is 41.9. The van der Waals surface area contributed by atoms with Gasteiger partial charge in [0, 0.05) is 29.6 Å². The molecule has 2 fully saturated rings. The number of primary amides is 1. The number of nitrogens with zero attached hydrogens (tertiary/aromatic N) is 3. The second kappa shape index (κ2) is 10.4. The van der Waals surface area contributed by atoms with Gasteiger partial charge in [-0.05, 0) is 35.9 Å². The van der Waals surface area contributed by atoms with Crippen LogP contribution < -0.4 is 5.73 Å². The molecule has 0 saturated carbocycles. The number of alkyl halides is 1. The lowest BCUT2D eigenvalue weighted by Crippen LogP contribution is -2.82. The van der Waals surface area contributed by atoms with Crippen molar-refractivity contribution >= 4 is 62.5 Å². The molecule has 2 radical (unpaired) electrons. The second-order valence-corrected chi connectivity index (χ2v) is 11.5. The Morgan fingerprint density at radius 1 is 1.11 bits per heavy atom. The van der Waals surface area contributed by atoms with Gasteiger partial charge in [0.25, 0.3) is 5.91 Å². The summed E-state index contributed by atoms with van der Waals surface area (Å²) in [6, 6.07) is 8.61. The van der Waals surface area contributed by atoms with Crippen LogP contribution in [0, 0.1) is 6.42 Å². The van der Waals surface area contributed by atoms with Gasteiger partial charge in [-0.2, -0.15) is 4.31 Å². The van der Waals surface area contributed by atoms with Crippen LogP contribution in [0.1, 0.15) is 5.56 Å². The summed E-state index contributed by atoms with van der Waals surface area (Å²) in [6.45, 7) is -2.77. The maximum atomic E-state index is 13.9. The summed E-state index contributed by atoms with van der Waals surface area (Å²) in [5.41, 5.74) is 3.98. The fourth-order valence-corrected chi connectivity index (χ4v) is 7.06. The quantitative estimate of drug-likeness (QED) is 0.531. The van der Waals surface area contributed by atoms with Crippen LogP contribution in [0.4, 0.5) is 4.39 Å². The number of carbonyl (C=O) groups is 3. The van der Waals surface area contributed by atoms with Crippen LogP contribution in [-0.4, -0.2) is 78.3 Å². The van der Waals surface area contributed by atoms with E-state index in [-0.39, 0.29) is 16.5 Å². The summed E-state index contributed by atoms with van der Waals surface area (Å²) in [6.07, 6.45) is 2.27. The molecule has 37 heavy (non-hydrogen) atoms. The molecular weight excluding hydrogens is 570 g/mol. The first-order valence-corrected chi connectivity index (χ1v) is 13.4. The Labute approximate surface area is 227 Å². The van der Waals surface area contributed by atoms with Gasteiger partial charge in [-0.15, -0.1) is 0 Å². The zero-order valence-electron chi connectivity index (χ0n) is 19.0. The van der Waals surface area contributed by atoms with Crippen molar-refractivity contribution in [2.45, 2.75) is 23.0 Å². The highest BCUT2D eigenvalue weighted by molar-refractivity contribution is 7.89. The van der Waals surface area contributed by atoms with Crippen LogP contribution in [0.2, 0.25) is 15.1 Å². The van der Waals surface area contributed by atoms with E-state index >= 15 is 0 Å². The van der Waals surface area contributed by atoms with E-state index in [4.69, 9.17) is 40.5 Å². The van der Waals surface area contributed by atoms with E-state index in [0.717, 1.165) is 15.9 Å². The molecule has 3 amide bonds. The molecule has 0 bridgehead atoms. The zero-order chi connectivity index (χ0) is 27.1. The summed E-state index contributed by atoms with van der Waals surface area (Å²) >= 11 is 18.0. The first kappa shape index (κ1) is 27.6. The van der Waals surface area contributed by atoms with Crippen molar-refractivity contribution in [3.63, 3.8) is 0 Å². The third kappa shape index (κ3) is 4.79. The molecule has 0 spiro atoms. The monoisotopic (exact) mass is 588 g/mol. The topological polar surface area (TPSA) is 121 Å². The first-order valence-electron chi connectivity index (χ1n) is 10.9. The number of benzene rings is 2. The average Bonchev–Trinajstić information content (AvgIpc) is 2.82. The minimum atomic E-state index is -4.63. The van der Waals surface area contributed by atoms with Crippen LogP contribution in [0.5, 0.6) is 0 Å². The number of piperazine rings is 1. The molecular formula is C23H20Cl3FN4O5S. The normalized spacial score (nSPS) is 22.8. The lowest BCUT2D eigenvalue weighted by molar-refractivity contribution is -0.181. The molecule has 0 aliphatic carbocycles. The minimum absolute atomic E-state index is 0.128. The molecule has 196 valence electrons. The highest BCUT2D eigenvalue weighted by Crippen LogP contribution is 2.40. The highest BCUT2D eigenvalue weighted by atomic mass is 35.5. The fraction of sp³-hybridized carbons (Fsp3) is 0.304. The van der Waals surface area contributed by atoms with Gasteiger partial charge in [0.2, 0.25) is 27.5 Å². The smallest absolute Gasteiger partial charge is 0.261 e. The maximum absolute atomic E-state index is 13.9. The Balaban J connectivity index is 1.90. The molecule has 4 rings (SSSR count). The summed E-state index contributed by atoms with van der Waals surface area (Å²) in [5, 5.41) is 0.362. The lowest BCUT2D eigenvalue weighted by Gasteiger charge is -2.57. The van der Waals surface area contributed by atoms with Gasteiger partial charge in [0.05, 0.1) is 18.0 Å². The Hall–Kier alpha value is -2.44. The Bertz CT molecular complexity index is 1360. The van der Waals surface area contributed by atoms with Crippen LogP contribution in [0.3, 0.4) is 0 Å². The molecule has 2 saturated heterocycles. The molecule has 2 unspecified atom stereocenters. The van der Waals surface area contributed by atoms with Crippen molar-refractivity contribution in [1.29, 1.82) is 0 Å². The number of sulfonamides is 1. The average molecular weight is 590 g/mol. The van der Waals surface area contributed by atoms with Crippen LogP contribution >= 0.6 is 34.8 Å². The zero-order valence-corrected chi connectivity index (χ0v) is 22.1. The van der Waals surface area contributed by atoms with E-state index in [1.54, 1.807) is 24.3 Å². The lowest BCUT2D eigenvalue weighted by atomic mass is 9.91. The Morgan fingerprint density at radius 2 is 1.76 bits per heavy atom. The van der Waals surface area contributed by atoms with Crippen molar-refractivity contribution in [1.82, 2.24) is 14.1 Å². The predicted molar refractivity (Wildman–Crippen MR) is 134 cm³/mol. The summed E-state index contributed by atoms with van der Waals surface area (Å²) in [7, 11) is -4.63. The number of amides is 3. The van der Waals surface area contributed by atoms with Crippen LogP contribution in [-0.2, 0) is 30.8 Å². The van der Waals surface area contributed by atoms with Gasteiger partial charge in [-0.3, -0.25) is 14.4 Å². The van der Waals surface area contributed by atoms with Gasteiger partial charge in [0.15, 0.2) is 0 Å². The van der Waals surface area contributed by atoms with Gasteiger partial charge in [0.1, 0.15) is 17.6 Å². The molecule has 9 nitrogen and oxygen atoms in total. The SMILES string of the molecule is NC(=O)C12CN(CCF)C(=O)C(Cc3ccc(Cl)cc3)N1C(=O)[C]CN2S(=O)(=O)c1ccc(Cl)cc1Cl. The van der Waals surface area contributed by atoms with E-state index in [0.29, 0.717) is 14.9 Å². The molecule has 2 aliphatic heterocycles. The third-order valence-corrected chi connectivity index (χ3v) is 9.11. The Kier molecular flexibility index (Phi) is 7.74. The molecule has 2 atom stereocenters. The van der Waals surface area contributed by atoms with Crippen molar-refractivity contribution in [3.8, 4) is 0 Å². The van der Waals surface area contributed by atoms with E-state index in [1.807, 2.05) is 0 Å². The first-order chi connectivity index (χ1) is 17.4. The summed E-state index contributed by atoms with van der Waals surface area (Å²) in [4.78, 5) is 41.2. The second-order valence-electron chi connectivity index (χ2n) is 8.41. The van der Waals surface area contributed by atoms with Gasteiger partial charge >= 0.3 is 0 Å². The van der Waals surface area contributed by atoms with Gasteiger partial charge in [-0.25, -0.2) is 12.8 Å². The van der Waals surface area contributed by atoms with Crippen LogP contribution in [0.15, 0.2) is 47.4 Å². The molecule has 14 heteroatoms. The van der Waals surface area contributed by atoms with E-state index in [9.17, 15) is 27.2 Å². The number of halogens is 4. The number of hydrogen-bond acceptors (Lipinski definition) is 5. The number of hydrogen-bond donors (Lipinski definition) is 1. The van der Waals surface area contributed by atoms with Crippen molar-refractivity contribution in [3.05, 3.63) is 69.5 Å². The molecule has 2 aliphatic rings. The van der Waals surface area contributed by atoms with Gasteiger partial charge in [-0.1, -0.05) is 46.9 Å². The fourth-order valence-electron chi connectivity index (χ4n) is 4.58. The highest BCUT2D eigenvalue weighted by Gasteiger charge is 2.64. The number of fused-ring (bicyclic) bond motifs is 1. The van der Waals surface area contributed by atoms with E-state index < -0.39 is 70.7 Å². The number of nitrogens with two attached hydrogens (primary N) is 1. The third-order valence-electron chi connectivity index (χ3n) is 6.28. The van der Waals surface area contributed by atoms with Crippen LogP contribution in [0.25, 0.3) is 0 Å². The number of carbonyl (C=O) groups excluding carboxylic acids is 3. The van der Waals surface area contributed by atoms with Crippen molar-refractivity contribution in [2.75, 3.05) is 26.3 Å². The molecule has 2 heterocycles. The molecule has 2 aromatic carbocycles. The molecule has 2 N–H and O–H groups in total. The number of rotatable bonds is 7. The largest absolute Gasteiger partial charge is 0.366 e. The van der Waals surface area contributed by atoms with E-state index in [1.165, 1.54) is 12.1 Å². The Morgan fingerprint density at radius 3 is 2.35 bits per heavy atom. The molecule has 2 aromatic rings. The summed E-state index contributed by atoms with van der Waals surface area (Å²) in [5.74, 6) is -2.79. The maximum Gasteiger partial charge on any atom is 0.261 e. The molecule has 0 aromatic heterocycles.